The number of nitrogens with zero attached hydrogens (tertiary/aromatic N) is 3. The first-order valence-electron chi connectivity index (χ1n) is 11.3. The average molecular weight is 466 g/mol. The Morgan fingerprint density at radius 1 is 1.29 bits per heavy atom. The molecular weight excluding hydrogens is 438 g/mol. The van der Waals surface area contributed by atoms with Crippen LogP contribution in [0.15, 0.2) is 60.7 Å². The van der Waals surface area contributed by atoms with Crippen molar-refractivity contribution in [1.82, 2.24) is 4.90 Å². The summed E-state index contributed by atoms with van der Waals surface area (Å²) in [5, 5.41) is 32.5. The minimum atomic E-state index is -2.04. The van der Waals surface area contributed by atoms with Gasteiger partial charge in [0.05, 0.1) is 23.3 Å². The number of benzene rings is 2. The Balaban J connectivity index is 1.64. The number of fused-ring (bicyclic) bond motifs is 1. The summed E-state index contributed by atoms with van der Waals surface area (Å²) in [6.07, 6.45) is 4.87. The third kappa shape index (κ3) is 3.97. The van der Waals surface area contributed by atoms with Gasteiger partial charge in [-0.3, -0.25) is 24.6 Å². The average Bonchev–Trinajstić information content (AvgIpc) is 3.41. The largest absolute Gasteiger partial charge is 0.394 e. The lowest BCUT2D eigenvalue weighted by molar-refractivity contribution is -0.385. The van der Waals surface area contributed by atoms with Crippen molar-refractivity contribution >= 4 is 28.9 Å². The van der Waals surface area contributed by atoms with Crippen molar-refractivity contribution in [3.8, 4) is 0 Å². The van der Waals surface area contributed by atoms with Crippen molar-refractivity contribution in [2.75, 3.05) is 18.1 Å². The summed E-state index contributed by atoms with van der Waals surface area (Å²) in [4.78, 5) is 40.0. The van der Waals surface area contributed by atoms with E-state index < -0.39 is 22.3 Å². The third-order valence-corrected chi connectivity index (χ3v) is 6.67. The lowest BCUT2D eigenvalue weighted by Gasteiger charge is -2.27. The molecule has 0 saturated carbocycles. The van der Waals surface area contributed by atoms with Gasteiger partial charge in [-0.2, -0.15) is 0 Å². The van der Waals surface area contributed by atoms with E-state index in [2.05, 4.69) is 0 Å². The van der Waals surface area contributed by atoms with Crippen molar-refractivity contribution in [2.45, 2.75) is 37.8 Å². The normalized spacial score (nSPS) is 22.9. The molecule has 0 aliphatic carbocycles. The summed E-state index contributed by atoms with van der Waals surface area (Å²) < 4.78 is 0. The molecule has 4 rings (SSSR count). The van der Waals surface area contributed by atoms with Gasteiger partial charge in [0.25, 0.3) is 11.6 Å². The van der Waals surface area contributed by atoms with Crippen molar-refractivity contribution in [3.05, 3.63) is 76.4 Å². The number of nitro benzene ring substituents is 1. The number of likely N-dealkylation sites (tertiary alicyclic amines) is 1. The van der Waals surface area contributed by atoms with Gasteiger partial charge >= 0.3 is 0 Å². The third-order valence-electron chi connectivity index (χ3n) is 6.67. The second kappa shape index (κ2) is 9.36. The van der Waals surface area contributed by atoms with E-state index >= 15 is 0 Å². The van der Waals surface area contributed by atoms with Gasteiger partial charge in [-0.25, -0.2) is 0 Å². The van der Waals surface area contributed by atoms with Gasteiger partial charge in [-0.15, -0.1) is 0 Å². The van der Waals surface area contributed by atoms with Crippen molar-refractivity contribution in [3.63, 3.8) is 0 Å². The SMILES string of the molecule is C[C@H](/C=C/CC(=O)N1CCC[C@H]1CO)[C@@]1(O)C(=O)N(c2ccccc2)c2ccc([N+](=O)[O-])cc21. The van der Waals surface area contributed by atoms with Crippen molar-refractivity contribution in [2.24, 2.45) is 5.92 Å². The Bertz CT molecular complexity index is 1130. The fourth-order valence-corrected chi connectivity index (χ4v) is 4.79. The number of carbonyl (C=O) groups is 2. The number of hydrogen-bond acceptors (Lipinski definition) is 6. The van der Waals surface area contributed by atoms with Gasteiger partial charge in [0.1, 0.15) is 0 Å². The molecule has 2 N–H and O–H groups in total. The summed E-state index contributed by atoms with van der Waals surface area (Å²) in [7, 11) is 0. The molecule has 34 heavy (non-hydrogen) atoms. The van der Waals surface area contributed by atoms with E-state index in [1.165, 1.54) is 23.1 Å². The molecule has 0 bridgehead atoms. The molecule has 0 radical (unpaired) electrons. The minimum Gasteiger partial charge on any atom is -0.394 e. The molecule has 2 heterocycles. The van der Waals surface area contributed by atoms with Crippen LogP contribution in [0.5, 0.6) is 0 Å². The number of anilines is 2. The topological polar surface area (TPSA) is 124 Å². The second-order valence-corrected chi connectivity index (χ2v) is 8.69. The summed E-state index contributed by atoms with van der Waals surface area (Å²) in [6.45, 7) is 2.16. The quantitative estimate of drug-likeness (QED) is 0.368. The summed E-state index contributed by atoms with van der Waals surface area (Å²) in [5.41, 5.74) is -1.20. The van der Waals surface area contributed by atoms with E-state index in [0.29, 0.717) is 17.9 Å². The van der Waals surface area contributed by atoms with Crippen LogP contribution in [0.25, 0.3) is 0 Å². The van der Waals surface area contributed by atoms with Crippen LogP contribution in [0.3, 0.4) is 0 Å². The standard InChI is InChI=1S/C25H27N3O6/c1-17(7-5-11-23(30)26-14-6-10-20(26)16-29)25(32)21-15-19(28(33)34)12-13-22(21)27(24(25)31)18-8-3-2-4-9-18/h2-5,7-9,12-13,15,17,20,29,32H,6,10-11,14,16H2,1H3/b7-5+/t17-,20+,25+/m1/s1. The number of carbonyl (C=O) groups excluding carboxylic acids is 2. The predicted molar refractivity (Wildman–Crippen MR) is 125 cm³/mol. The summed E-state index contributed by atoms with van der Waals surface area (Å²) in [6, 6.07) is 12.6. The van der Waals surface area contributed by atoms with Gasteiger partial charge in [0, 0.05) is 42.3 Å². The van der Waals surface area contributed by atoms with Gasteiger partial charge in [-0.05, 0) is 31.0 Å². The van der Waals surface area contributed by atoms with E-state index in [0.717, 1.165) is 12.8 Å². The molecule has 2 aliphatic heterocycles. The number of aliphatic hydroxyl groups is 2. The Hall–Kier alpha value is -3.56. The second-order valence-electron chi connectivity index (χ2n) is 8.69. The van der Waals surface area contributed by atoms with Crippen LogP contribution in [-0.4, -0.2) is 51.0 Å². The van der Waals surface area contributed by atoms with E-state index in [1.807, 2.05) is 0 Å². The molecule has 9 heteroatoms. The van der Waals surface area contributed by atoms with Crippen molar-refractivity contribution < 1.29 is 24.7 Å². The van der Waals surface area contributed by atoms with Crippen LogP contribution in [0.1, 0.15) is 31.7 Å². The molecule has 178 valence electrons. The van der Waals surface area contributed by atoms with Crippen LogP contribution in [0, 0.1) is 16.0 Å². The Kier molecular flexibility index (Phi) is 6.49. The minimum absolute atomic E-state index is 0.0648. The molecule has 2 aromatic rings. The van der Waals surface area contributed by atoms with Crippen LogP contribution < -0.4 is 4.90 Å². The van der Waals surface area contributed by atoms with Gasteiger partial charge in [-0.1, -0.05) is 37.3 Å². The highest BCUT2D eigenvalue weighted by atomic mass is 16.6. The maximum atomic E-state index is 13.6. The summed E-state index contributed by atoms with van der Waals surface area (Å²) in [5.74, 6) is -1.52. The number of non-ortho nitro benzene ring substituents is 1. The molecule has 0 unspecified atom stereocenters. The first-order chi connectivity index (χ1) is 16.3. The summed E-state index contributed by atoms with van der Waals surface area (Å²) >= 11 is 0. The van der Waals surface area contributed by atoms with Gasteiger partial charge in [0.15, 0.2) is 5.60 Å². The molecule has 3 atom stereocenters. The van der Waals surface area contributed by atoms with E-state index in [-0.39, 0.29) is 36.2 Å². The zero-order valence-corrected chi connectivity index (χ0v) is 18.8. The van der Waals surface area contributed by atoms with Crippen LogP contribution >= 0.6 is 0 Å². The monoisotopic (exact) mass is 465 g/mol. The van der Waals surface area contributed by atoms with Crippen molar-refractivity contribution in [1.29, 1.82) is 0 Å². The first kappa shape index (κ1) is 23.6. The number of hydrogen-bond donors (Lipinski definition) is 2. The van der Waals surface area contributed by atoms with E-state index in [1.54, 1.807) is 54.3 Å². The van der Waals surface area contributed by atoms with E-state index in [9.17, 15) is 29.9 Å². The van der Waals surface area contributed by atoms with Crippen LogP contribution in [0.4, 0.5) is 17.1 Å². The van der Waals surface area contributed by atoms with Crippen LogP contribution in [-0.2, 0) is 15.2 Å². The van der Waals surface area contributed by atoms with E-state index in [4.69, 9.17) is 0 Å². The first-order valence-corrected chi connectivity index (χ1v) is 11.3. The molecule has 0 spiro atoms. The molecule has 0 aromatic heterocycles. The molecule has 1 saturated heterocycles. The zero-order chi connectivity index (χ0) is 24.5. The number of para-hydroxylation sites is 1. The number of aliphatic hydroxyl groups excluding tert-OH is 1. The molecule has 9 nitrogen and oxygen atoms in total. The molecular formula is C25H27N3O6. The predicted octanol–water partition coefficient (Wildman–Crippen LogP) is 3.03. The highest BCUT2D eigenvalue weighted by Gasteiger charge is 2.53. The maximum absolute atomic E-state index is 13.6. The molecule has 2 aromatic carbocycles. The molecule has 2 amide bonds. The van der Waals surface area contributed by atoms with Gasteiger partial charge in [0.2, 0.25) is 5.91 Å². The highest BCUT2D eigenvalue weighted by molar-refractivity contribution is 6.12. The smallest absolute Gasteiger partial charge is 0.269 e. The van der Waals surface area contributed by atoms with Crippen LogP contribution in [0.2, 0.25) is 0 Å². The van der Waals surface area contributed by atoms with Gasteiger partial charge < -0.3 is 15.1 Å². The fraction of sp³-hybridized carbons (Fsp3) is 0.360. The Morgan fingerprint density at radius 3 is 2.71 bits per heavy atom. The lowest BCUT2D eigenvalue weighted by atomic mass is 9.82. The number of nitro groups is 1. The highest BCUT2D eigenvalue weighted by Crippen LogP contribution is 2.49. The zero-order valence-electron chi connectivity index (χ0n) is 18.8. The number of rotatable bonds is 7. The molecule has 1 fully saturated rings. The maximum Gasteiger partial charge on any atom is 0.269 e. The number of amides is 2. The Labute approximate surface area is 197 Å². The molecule has 2 aliphatic rings. The fourth-order valence-electron chi connectivity index (χ4n) is 4.79. The Morgan fingerprint density at radius 2 is 2.03 bits per heavy atom. The lowest BCUT2D eigenvalue weighted by Crippen LogP contribution is -2.42.